The molecule has 0 bridgehead atoms. The molecule has 0 aliphatic rings. The van der Waals surface area contributed by atoms with E-state index in [2.05, 4.69) is 64.1 Å². The molecule has 4 aromatic rings. The van der Waals surface area contributed by atoms with Gasteiger partial charge in [0.05, 0.1) is 9.79 Å². The average molecular weight is 1340 g/mol. The topological polar surface area (TPSA) is 114 Å². The summed E-state index contributed by atoms with van der Waals surface area (Å²) in [5, 5.41) is 4.00. The normalized spacial score (nSPS) is 11.8. The third kappa shape index (κ3) is 38.3. The Labute approximate surface area is 565 Å². The molecule has 0 aliphatic heterocycles. The van der Waals surface area contributed by atoms with Crippen LogP contribution >= 0.6 is 0 Å². The van der Waals surface area contributed by atoms with E-state index in [4.69, 9.17) is 0 Å². The van der Waals surface area contributed by atoms with Crippen molar-refractivity contribution in [3.63, 3.8) is 0 Å². The van der Waals surface area contributed by atoms with Crippen LogP contribution in [0.15, 0.2) is 70.5 Å². The number of fused-ring (bicyclic) bond motifs is 2. The minimum absolute atomic E-state index is 0. The van der Waals surface area contributed by atoms with Gasteiger partial charge in [-0.2, -0.15) is 0 Å². The Kier molecular flexibility index (Phi) is 49.3. The van der Waals surface area contributed by atoms with Gasteiger partial charge < -0.3 is 9.11 Å². The standard InChI is InChI=1S/2C38H64O3S.Ba/c2*1-3-5-7-9-11-13-15-17-19-21-23-25-28-34-30-27-31-35-32-36(38(33-37(34)35)42(39,40)41)29-26-24-22-20-18-16-14-12-10-8-6-4-2;/h2*27,30-33H,3-26,28-29H2,1-2H3,(H,39,40,41);/q;;+2/p-2. The van der Waals surface area contributed by atoms with Crippen molar-refractivity contribution in [1.82, 2.24) is 0 Å². The van der Waals surface area contributed by atoms with Gasteiger partial charge in [0.25, 0.3) is 0 Å². The van der Waals surface area contributed by atoms with Crippen LogP contribution in [0.5, 0.6) is 0 Å². The molecule has 6 nitrogen and oxygen atoms in total. The molecule has 0 fully saturated rings. The summed E-state index contributed by atoms with van der Waals surface area (Å²) in [5.74, 6) is 0. The summed E-state index contributed by atoms with van der Waals surface area (Å²) in [5.41, 5.74) is 3.74. The first-order chi connectivity index (χ1) is 40.9. The molecule has 0 atom stereocenters. The summed E-state index contributed by atoms with van der Waals surface area (Å²) in [6.45, 7) is 9.06. The third-order valence-electron chi connectivity index (χ3n) is 18.0. The maximum absolute atomic E-state index is 12.2. The molecule has 0 saturated carbocycles. The Bertz CT molecular complexity index is 2300. The van der Waals surface area contributed by atoms with Gasteiger partial charge in [-0.25, -0.2) is 16.8 Å². The van der Waals surface area contributed by atoms with E-state index in [9.17, 15) is 25.9 Å². The van der Waals surface area contributed by atoms with Crippen LogP contribution in [0, 0.1) is 0 Å². The quantitative estimate of drug-likeness (QED) is 0.0247. The van der Waals surface area contributed by atoms with Gasteiger partial charge in [-0.1, -0.05) is 347 Å². The second-order valence-electron chi connectivity index (χ2n) is 25.7. The van der Waals surface area contributed by atoms with Crippen molar-refractivity contribution < 1.29 is 25.9 Å². The number of unbranched alkanes of at least 4 members (excludes halogenated alkanes) is 44. The van der Waals surface area contributed by atoms with Gasteiger partial charge in [0.2, 0.25) is 0 Å². The molecule has 0 N–H and O–H groups in total. The summed E-state index contributed by atoms with van der Waals surface area (Å²) in [6.07, 6.45) is 65.4. The molecule has 4 aromatic carbocycles. The second-order valence-corrected chi connectivity index (χ2v) is 28.4. The van der Waals surface area contributed by atoms with Gasteiger partial charge in [0.1, 0.15) is 20.2 Å². The zero-order chi connectivity index (χ0) is 60.6. The van der Waals surface area contributed by atoms with Gasteiger partial charge in [-0.15, -0.1) is 0 Å². The van der Waals surface area contributed by atoms with Crippen molar-refractivity contribution in [3.05, 3.63) is 82.9 Å². The molecule has 0 aromatic heterocycles. The summed E-state index contributed by atoms with van der Waals surface area (Å²) in [4.78, 5) is 0.000402. The van der Waals surface area contributed by atoms with Crippen LogP contribution < -0.4 is 0 Å². The molecule has 0 spiro atoms. The van der Waals surface area contributed by atoms with E-state index in [1.54, 1.807) is 12.1 Å². The molecule has 4 rings (SSSR count). The first kappa shape index (κ1) is 79.9. The van der Waals surface area contributed by atoms with Crippen molar-refractivity contribution in [2.75, 3.05) is 0 Å². The van der Waals surface area contributed by atoms with Gasteiger partial charge >= 0.3 is 48.9 Å². The van der Waals surface area contributed by atoms with Crippen molar-refractivity contribution >= 4 is 90.7 Å². The third-order valence-corrected chi connectivity index (χ3v) is 19.9. The van der Waals surface area contributed by atoms with E-state index in [1.165, 1.54) is 281 Å². The van der Waals surface area contributed by atoms with Crippen LogP contribution in [0.2, 0.25) is 0 Å². The minimum atomic E-state index is -4.51. The zero-order valence-corrected chi connectivity index (χ0v) is 61.6. The summed E-state index contributed by atoms with van der Waals surface area (Å²) in [7, 11) is -9.01. The first-order valence-corrected chi connectivity index (χ1v) is 38.8. The Morgan fingerprint density at radius 2 is 0.447 bits per heavy atom. The van der Waals surface area contributed by atoms with Crippen molar-refractivity contribution in [2.24, 2.45) is 0 Å². The fourth-order valence-electron chi connectivity index (χ4n) is 12.8. The van der Waals surface area contributed by atoms with Crippen LogP contribution in [-0.2, 0) is 45.9 Å². The van der Waals surface area contributed by atoms with E-state index >= 15 is 0 Å². The molecule has 0 heterocycles. The maximum atomic E-state index is 12.2. The predicted molar refractivity (Wildman–Crippen MR) is 369 cm³/mol. The summed E-state index contributed by atoms with van der Waals surface area (Å²) < 4.78 is 73.5. The average Bonchev–Trinajstić information content (AvgIpc) is 1.73. The summed E-state index contributed by atoms with van der Waals surface area (Å²) in [6, 6.07) is 19.8. The van der Waals surface area contributed by atoms with Gasteiger partial charge in [-0.05, 0) is 119 Å². The van der Waals surface area contributed by atoms with E-state index < -0.39 is 20.2 Å². The van der Waals surface area contributed by atoms with Crippen LogP contribution in [0.1, 0.15) is 358 Å². The second kappa shape index (κ2) is 52.4. The van der Waals surface area contributed by atoms with E-state index in [-0.39, 0.29) is 58.7 Å². The molecular formula is C76H126BaO6S2. The Morgan fingerprint density at radius 1 is 0.259 bits per heavy atom. The van der Waals surface area contributed by atoms with Gasteiger partial charge in [-0.3, -0.25) is 0 Å². The number of rotatable bonds is 54. The number of hydrogen-bond acceptors (Lipinski definition) is 6. The Balaban J connectivity index is 0.000000573. The van der Waals surface area contributed by atoms with Crippen molar-refractivity contribution in [2.45, 2.75) is 371 Å². The maximum Gasteiger partial charge on any atom is 2.00 e. The number of hydrogen-bond donors (Lipinski definition) is 0. The Morgan fingerprint density at radius 3 is 0.647 bits per heavy atom. The molecule has 9 heteroatoms. The van der Waals surface area contributed by atoms with Crippen molar-refractivity contribution in [1.29, 1.82) is 0 Å². The van der Waals surface area contributed by atoms with E-state index in [0.717, 1.165) is 72.9 Å². The number of benzene rings is 4. The van der Waals surface area contributed by atoms with Crippen LogP contribution in [0.25, 0.3) is 21.5 Å². The monoisotopic (exact) mass is 1340 g/mol. The molecule has 85 heavy (non-hydrogen) atoms. The first-order valence-electron chi connectivity index (χ1n) is 35.9. The SMILES string of the molecule is CCCCCCCCCCCCCCc1cc2cccc(CCCCCCCCCCCCCC)c2cc1S(=O)(=O)[O-].CCCCCCCCCCCCCCc1cc2cccc(CCCCCCCCCCCCCC)c2cc1S(=O)(=O)[O-].[Ba+2]. The molecule has 0 amide bonds. The summed E-state index contributed by atoms with van der Waals surface area (Å²) >= 11 is 0. The largest absolute Gasteiger partial charge is 2.00 e. The molecule has 0 radical (unpaired) electrons. The zero-order valence-electron chi connectivity index (χ0n) is 55.5. The molecular weight excluding hydrogens is 1210 g/mol. The van der Waals surface area contributed by atoms with Crippen LogP contribution in [0.3, 0.4) is 0 Å². The predicted octanol–water partition coefficient (Wildman–Crippen LogP) is 24.1. The van der Waals surface area contributed by atoms with E-state index in [0.29, 0.717) is 24.0 Å². The van der Waals surface area contributed by atoms with Gasteiger partial charge in [0.15, 0.2) is 0 Å². The minimum Gasteiger partial charge on any atom is -0.744 e. The van der Waals surface area contributed by atoms with Crippen molar-refractivity contribution in [3.8, 4) is 0 Å². The number of aryl methyl sites for hydroxylation is 4. The molecule has 0 saturated heterocycles. The molecule has 0 aliphatic carbocycles. The van der Waals surface area contributed by atoms with E-state index in [1.807, 2.05) is 12.1 Å². The van der Waals surface area contributed by atoms with Gasteiger partial charge in [0, 0.05) is 0 Å². The smallest absolute Gasteiger partial charge is 0.744 e. The Hall–Kier alpha value is -1.21. The van der Waals surface area contributed by atoms with Crippen LogP contribution in [0.4, 0.5) is 0 Å². The fraction of sp³-hybridized carbons (Fsp3) is 0.737. The van der Waals surface area contributed by atoms with Crippen LogP contribution in [-0.4, -0.2) is 74.8 Å². The fourth-order valence-corrected chi connectivity index (χ4v) is 14.2. The molecule has 0 unspecified atom stereocenters. The molecule has 480 valence electrons.